The third-order valence-corrected chi connectivity index (χ3v) is 5.20. The van der Waals surface area contributed by atoms with Crippen molar-refractivity contribution in [1.29, 1.82) is 0 Å². The van der Waals surface area contributed by atoms with Crippen molar-refractivity contribution >= 4 is 17.3 Å². The standard InChI is InChI=1S/C16H23F2NO3S/c1-15(2,3)23(22)19-16(4,10-13(20)21)9-8-11-6-5-7-12(17)14(11)18/h5-7,19H,8-10H2,1-4H3,(H,20,21)/t16-,23+/m0/s1. The predicted octanol–water partition coefficient (Wildman–Crippen LogP) is 3.18. The van der Waals surface area contributed by atoms with Crippen molar-refractivity contribution in [2.24, 2.45) is 0 Å². The van der Waals surface area contributed by atoms with Crippen LogP contribution in [-0.4, -0.2) is 25.9 Å². The highest BCUT2D eigenvalue weighted by atomic mass is 32.2. The number of benzene rings is 1. The molecule has 0 aliphatic carbocycles. The molecule has 7 heteroatoms. The highest BCUT2D eigenvalue weighted by Crippen LogP contribution is 2.25. The summed E-state index contributed by atoms with van der Waals surface area (Å²) >= 11 is -1.47. The number of carboxylic acid groups (broad SMARTS) is 1. The minimum atomic E-state index is -1.47. The van der Waals surface area contributed by atoms with Gasteiger partial charge in [-0.2, -0.15) is 0 Å². The summed E-state index contributed by atoms with van der Waals surface area (Å²) in [6.45, 7) is 6.93. The monoisotopic (exact) mass is 347 g/mol. The molecule has 1 aromatic carbocycles. The van der Waals surface area contributed by atoms with E-state index >= 15 is 0 Å². The lowest BCUT2D eigenvalue weighted by molar-refractivity contribution is -0.138. The fourth-order valence-electron chi connectivity index (χ4n) is 2.04. The van der Waals surface area contributed by atoms with Gasteiger partial charge in [0.25, 0.3) is 0 Å². The maximum absolute atomic E-state index is 13.7. The first-order chi connectivity index (χ1) is 10.4. The number of hydrogen-bond donors (Lipinski definition) is 2. The molecule has 0 fully saturated rings. The molecule has 4 nitrogen and oxygen atoms in total. The van der Waals surface area contributed by atoms with Crippen LogP contribution >= 0.6 is 0 Å². The zero-order valence-electron chi connectivity index (χ0n) is 13.8. The van der Waals surface area contributed by atoms with Crippen LogP contribution in [0.4, 0.5) is 8.78 Å². The SMILES string of the molecule is CC(C)(C)[S@@+]([O-])N[C@@](C)(CCc1cccc(F)c1F)CC(=O)O. The minimum absolute atomic E-state index is 0.141. The normalized spacial score (nSPS) is 16.0. The number of hydrogen-bond acceptors (Lipinski definition) is 3. The molecule has 0 bridgehead atoms. The second kappa shape index (κ2) is 7.59. The Morgan fingerprint density at radius 1 is 1.30 bits per heavy atom. The van der Waals surface area contributed by atoms with Gasteiger partial charge in [-0.05, 0) is 52.2 Å². The van der Waals surface area contributed by atoms with Crippen molar-refractivity contribution in [3.05, 3.63) is 35.4 Å². The van der Waals surface area contributed by atoms with Crippen LogP contribution in [0.15, 0.2) is 18.2 Å². The summed E-state index contributed by atoms with van der Waals surface area (Å²) in [6, 6.07) is 3.89. The summed E-state index contributed by atoms with van der Waals surface area (Å²) in [6.07, 6.45) is 0.0783. The summed E-state index contributed by atoms with van der Waals surface area (Å²) < 4.78 is 41.5. The zero-order valence-corrected chi connectivity index (χ0v) is 14.6. The molecule has 130 valence electrons. The van der Waals surface area contributed by atoms with E-state index in [0.29, 0.717) is 0 Å². The summed E-state index contributed by atoms with van der Waals surface area (Å²) in [7, 11) is 0. The van der Waals surface area contributed by atoms with Crippen LogP contribution in [0.1, 0.15) is 46.1 Å². The predicted molar refractivity (Wildman–Crippen MR) is 86.4 cm³/mol. The highest BCUT2D eigenvalue weighted by molar-refractivity contribution is 7.90. The lowest BCUT2D eigenvalue weighted by Crippen LogP contribution is -2.52. The van der Waals surface area contributed by atoms with E-state index in [2.05, 4.69) is 4.72 Å². The Labute approximate surface area is 138 Å². The fourth-order valence-corrected chi connectivity index (χ4v) is 2.97. The zero-order chi connectivity index (χ0) is 17.8. The van der Waals surface area contributed by atoms with E-state index in [-0.39, 0.29) is 24.8 Å². The second-order valence-corrected chi connectivity index (χ2v) is 8.79. The summed E-state index contributed by atoms with van der Waals surface area (Å²) in [5.74, 6) is -2.92. The smallest absolute Gasteiger partial charge is 0.305 e. The maximum Gasteiger partial charge on any atom is 0.305 e. The van der Waals surface area contributed by atoms with Crippen molar-refractivity contribution in [3.8, 4) is 0 Å². The second-order valence-electron chi connectivity index (χ2n) is 6.83. The van der Waals surface area contributed by atoms with E-state index in [1.807, 2.05) is 0 Å². The Balaban J connectivity index is 2.89. The molecule has 23 heavy (non-hydrogen) atoms. The molecule has 2 N–H and O–H groups in total. The number of carbonyl (C=O) groups is 1. The van der Waals surface area contributed by atoms with Crippen molar-refractivity contribution in [3.63, 3.8) is 0 Å². The van der Waals surface area contributed by atoms with E-state index in [9.17, 15) is 18.1 Å². The number of aliphatic carboxylic acids is 1. The van der Waals surface area contributed by atoms with Gasteiger partial charge in [-0.3, -0.25) is 4.79 Å². The molecule has 0 aromatic heterocycles. The lowest BCUT2D eigenvalue weighted by atomic mass is 9.91. The Hall–Kier alpha value is -1.18. The average molecular weight is 347 g/mol. The quantitative estimate of drug-likeness (QED) is 0.743. The highest BCUT2D eigenvalue weighted by Gasteiger charge is 2.37. The molecule has 0 saturated heterocycles. The van der Waals surface area contributed by atoms with Gasteiger partial charge in [-0.15, -0.1) is 4.72 Å². The van der Waals surface area contributed by atoms with E-state index in [1.54, 1.807) is 27.7 Å². The summed E-state index contributed by atoms with van der Waals surface area (Å²) in [5, 5.41) is 9.09. The van der Waals surface area contributed by atoms with E-state index in [0.717, 1.165) is 6.07 Å². The molecule has 0 aliphatic heterocycles. The number of carboxylic acids is 1. The van der Waals surface area contributed by atoms with Crippen molar-refractivity contribution < 1.29 is 23.2 Å². The fraction of sp³-hybridized carbons (Fsp3) is 0.562. The van der Waals surface area contributed by atoms with Crippen molar-refractivity contribution in [1.82, 2.24) is 4.72 Å². The molecule has 0 heterocycles. The maximum atomic E-state index is 13.7. The topological polar surface area (TPSA) is 72.4 Å². The van der Waals surface area contributed by atoms with Crippen molar-refractivity contribution in [2.45, 2.75) is 57.2 Å². The van der Waals surface area contributed by atoms with Gasteiger partial charge in [0.15, 0.2) is 11.6 Å². The Morgan fingerprint density at radius 2 is 1.91 bits per heavy atom. The van der Waals surface area contributed by atoms with Crippen LogP contribution in [0.25, 0.3) is 0 Å². The summed E-state index contributed by atoms with van der Waals surface area (Å²) in [4.78, 5) is 11.1. The van der Waals surface area contributed by atoms with Crippen LogP contribution in [0.5, 0.6) is 0 Å². The molecule has 0 amide bonds. The number of aryl methyl sites for hydroxylation is 1. The van der Waals surface area contributed by atoms with Crippen LogP contribution in [0.2, 0.25) is 0 Å². The van der Waals surface area contributed by atoms with E-state index < -0.39 is 39.3 Å². The van der Waals surface area contributed by atoms with Gasteiger partial charge in [-0.1, -0.05) is 12.1 Å². The molecule has 0 radical (unpaired) electrons. The largest absolute Gasteiger partial charge is 0.598 e. The number of rotatable bonds is 7. The van der Waals surface area contributed by atoms with Gasteiger partial charge in [0.1, 0.15) is 4.75 Å². The van der Waals surface area contributed by atoms with Gasteiger partial charge in [0.05, 0.1) is 12.0 Å². The first kappa shape index (κ1) is 19.9. The molecule has 0 spiro atoms. The molecule has 1 rings (SSSR count). The van der Waals surface area contributed by atoms with Crippen LogP contribution in [-0.2, 0) is 22.6 Å². The average Bonchev–Trinajstić information content (AvgIpc) is 2.38. The molecule has 0 unspecified atom stereocenters. The van der Waals surface area contributed by atoms with Gasteiger partial charge in [0, 0.05) is 11.4 Å². The summed E-state index contributed by atoms with van der Waals surface area (Å²) in [5.41, 5.74) is -0.826. The molecule has 0 saturated carbocycles. The van der Waals surface area contributed by atoms with Gasteiger partial charge in [-0.25, -0.2) is 8.78 Å². The number of halogens is 2. The van der Waals surface area contributed by atoms with Gasteiger partial charge < -0.3 is 9.66 Å². The van der Waals surface area contributed by atoms with E-state index in [1.165, 1.54) is 12.1 Å². The minimum Gasteiger partial charge on any atom is -0.598 e. The van der Waals surface area contributed by atoms with Gasteiger partial charge in [0.2, 0.25) is 0 Å². The van der Waals surface area contributed by atoms with Crippen LogP contribution in [0.3, 0.4) is 0 Å². The molecular formula is C16H23F2NO3S. The lowest BCUT2D eigenvalue weighted by Gasteiger charge is -2.34. The third-order valence-electron chi connectivity index (χ3n) is 3.41. The molecular weight excluding hydrogens is 324 g/mol. The first-order valence-corrected chi connectivity index (χ1v) is 8.44. The van der Waals surface area contributed by atoms with Crippen molar-refractivity contribution in [2.75, 3.05) is 0 Å². The number of nitrogens with one attached hydrogen (secondary N) is 1. The molecule has 1 aromatic rings. The van der Waals surface area contributed by atoms with Crippen LogP contribution in [0, 0.1) is 11.6 Å². The van der Waals surface area contributed by atoms with Gasteiger partial charge >= 0.3 is 5.97 Å². The van der Waals surface area contributed by atoms with Crippen LogP contribution < -0.4 is 4.72 Å². The Bertz CT molecular complexity index is 563. The van der Waals surface area contributed by atoms with E-state index in [4.69, 9.17) is 5.11 Å². The Kier molecular flexibility index (Phi) is 6.56. The first-order valence-electron chi connectivity index (χ1n) is 7.29. The Morgan fingerprint density at radius 3 is 2.43 bits per heavy atom. The molecule has 2 atom stereocenters. The third kappa shape index (κ3) is 6.08. The molecule has 0 aliphatic rings.